The van der Waals surface area contributed by atoms with Gasteiger partial charge >= 0.3 is 5.97 Å². The first-order valence-corrected chi connectivity index (χ1v) is 8.51. The molecule has 6 nitrogen and oxygen atoms in total. The van der Waals surface area contributed by atoms with Gasteiger partial charge in [0.2, 0.25) is 0 Å². The summed E-state index contributed by atoms with van der Waals surface area (Å²) in [5.74, 6) is 0.0923. The molecule has 4 fully saturated rings. The van der Waals surface area contributed by atoms with Crippen molar-refractivity contribution in [1.29, 1.82) is 0 Å². The first-order valence-electron chi connectivity index (χ1n) is 8.51. The molecule has 0 N–H and O–H groups in total. The maximum absolute atomic E-state index is 11.6. The van der Waals surface area contributed by atoms with Gasteiger partial charge in [-0.05, 0) is 25.7 Å². The van der Waals surface area contributed by atoms with Crippen LogP contribution in [0.3, 0.4) is 0 Å². The summed E-state index contributed by atoms with van der Waals surface area (Å²) in [5, 5.41) is 0. The van der Waals surface area contributed by atoms with E-state index < -0.39 is 0 Å². The normalized spacial score (nSPS) is 43.1. The molecule has 0 aromatic heterocycles. The zero-order valence-corrected chi connectivity index (χ0v) is 12.8. The minimum atomic E-state index is -0.285. The first kappa shape index (κ1) is 14.9. The Morgan fingerprint density at radius 1 is 1.00 bits per heavy atom. The number of carbonyl (C=O) groups excluding carboxylic acids is 1. The van der Waals surface area contributed by atoms with Crippen molar-refractivity contribution in [3.63, 3.8) is 0 Å². The van der Waals surface area contributed by atoms with Crippen molar-refractivity contribution in [1.82, 2.24) is 0 Å². The first-order chi connectivity index (χ1) is 10.8. The van der Waals surface area contributed by atoms with Crippen LogP contribution in [-0.2, 0) is 28.5 Å². The Morgan fingerprint density at radius 2 is 1.82 bits per heavy atom. The van der Waals surface area contributed by atoms with Gasteiger partial charge in [0.15, 0.2) is 12.6 Å². The van der Waals surface area contributed by atoms with Crippen LogP contribution in [0.5, 0.6) is 0 Å². The molecule has 6 heteroatoms. The minimum absolute atomic E-state index is 0.0192. The highest BCUT2D eigenvalue weighted by Crippen LogP contribution is 2.46. The zero-order valence-electron chi connectivity index (χ0n) is 12.8. The molecule has 3 aliphatic heterocycles. The van der Waals surface area contributed by atoms with Crippen LogP contribution in [0.1, 0.15) is 38.5 Å². The molecule has 4 rings (SSSR count). The molecule has 0 spiro atoms. The minimum Gasteiger partial charge on any atom is -0.462 e. The monoisotopic (exact) mass is 312 g/mol. The summed E-state index contributed by atoms with van der Waals surface area (Å²) in [6.45, 7) is 2.18. The lowest BCUT2D eigenvalue weighted by molar-refractivity contribution is -0.252. The molecule has 0 aromatic carbocycles. The smallest absolute Gasteiger partial charge is 0.306 e. The van der Waals surface area contributed by atoms with E-state index in [0.717, 1.165) is 38.7 Å². The van der Waals surface area contributed by atoms with E-state index in [1.54, 1.807) is 0 Å². The van der Waals surface area contributed by atoms with Crippen molar-refractivity contribution < 1.29 is 28.5 Å². The quantitative estimate of drug-likeness (QED) is 0.738. The van der Waals surface area contributed by atoms with Gasteiger partial charge in [0.25, 0.3) is 0 Å². The Bertz CT molecular complexity index is 401. The van der Waals surface area contributed by atoms with Crippen molar-refractivity contribution >= 4 is 5.97 Å². The van der Waals surface area contributed by atoms with Gasteiger partial charge in [-0.25, -0.2) is 0 Å². The van der Waals surface area contributed by atoms with Crippen molar-refractivity contribution in [2.45, 2.75) is 63.3 Å². The Labute approximate surface area is 130 Å². The summed E-state index contributed by atoms with van der Waals surface area (Å²) in [5.41, 5.74) is 0. The lowest BCUT2D eigenvalue weighted by Gasteiger charge is -2.35. The summed E-state index contributed by atoms with van der Waals surface area (Å²) >= 11 is 0. The summed E-state index contributed by atoms with van der Waals surface area (Å²) in [6, 6.07) is 0. The standard InChI is InChI=1S/C16H24O6/c17-13-8-10-11(21-13)9-12(22-14-4-1-2-5-18-14)15(10)16-19-6-3-7-20-16/h10-12,14-16H,1-9H2/t10-,11-,12+,14?,15+/m1/s1. The molecule has 3 saturated heterocycles. The third-order valence-corrected chi connectivity index (χ3v) is 5.18. The number of hydrogen-bond acceptors (Lipinski definition) is 6. The van der Waals surface area contributed by atoms with Crippen LogP contribution in [0.2, 0.25) is 0 Å². The van der Waals surface area contributed by atoms with Gasteiger partial charge < -0.3 is 23.7 Å². The average molecular weight is 312 g/mol. The predicted octanol–water partition coefficient (Wildman–Crippen LogP) is 1.61. The molecule has 0 amide bonds. The van der Waals surface area contributed by atoms with E-state index in [0.29, 0.717) is 19.6 Å². The van der Waals surface area contributed by atoms with Crippen LogP contribution in [0.15, 0.2) is 0 Å². The average Bonchev–Trinajstić information content (AvgIpc) is 3.04. The lowest BCUT2D eigenvalue weighted by Crippen LogP contribution is -2.42. The molecule has 0 radical (unpaired) electrons. The fourth-order valence-corrected chi connectivity index (χ4v) is 4.16. The second-order valence-electron chi connectivity index (χ2n) is 6.64. The molecule has 0 aromatic rings. The Hall–Kier alpha value is -0.690. The van der Waals surface area contributed by atoms with Crippen molar-refractivity contribution in [3.05, 3.63) is 0 Å². The van der Waals surface area contributed by atoms with Crippen LogP contribution in [0.4, 0.5) is 0 Å². The highest BCUT2D eigenvalue weighted by molar-refractivity contribution is 5.72. The maximum Gasteiger partial charge on any atom is 0.306 e. The number of rotatable bonds is 3. The number of fused-ring (bicyclic) bond motifs is 1. The zero-order chi connectivity index (χ0) is 14.9. The second-order valence-corrected chi connectivity index (χ2v) is 6.64. The number of carbonyl (C=O) groups is 1. The summed E-state index contributed by atoms with van der Waals surface area (Å²) in [4.78, 5) is 11.6. The number of hydrogen-bond donors (Lipinski definition) is 0. The Morgan fingerprint density at radius 3 is 2.59 bits per heavy atom. The van der Waals surface area contributed by atoms with Crippen LogP contribution < -0.4 is 0 Å². The van der Waals surface area contributed by atoms with Gasteiger partial charge in [0, 0.05) is 24.9 Å². The van der Waals surface area contributed by atoms with Crippen LogP contribution in [0.25, 0.3) is 0 Å². The van der Waals surface area contributed by atoms with Crippen molar-refractivity contribution in [2.24, 2.45) is 11.8 Å². The molecule has 1 saturated carbocycles. The number of esters is 1. The SMILES string of the molecule is O=C1C[C@H]2[C@H](C3OCCCO3)[C@@H](OC3CCCCO3)C[C@H]2O1. The van der Waals surface area contributed by atoms with Crippen LogP contribution in [0, 0.1) is 11.8 Å². The molecule has 1 unspecified atom stereocenters. The topological polar surface area (TPSA) is 63.2 Å². The molecular formula is C16H24O6. The van der Waals surface area contributed by atoms with Crippen LogP contribution in [-0.4, -0.2) is 50.6 Å². The van der Waals surface area contributed by atoms with Crippen molar-refractivity contribution in [3.8, 4) is 0 Å². The molecule has 5 atom stereocenters. The summed E-state index contributed by atoms with van der Waals surface area (Å²) in [6.07, 6.45) is 4.77. The predicted molar refractivity (Wildman–Crippen MR) is 74.9 cm³/mol. The third kappa shape index (κ3) is 2.89. The summed E-state index contributed by atoms with van der Waals surface area (Å²) in [7, 11) is 0. The molecule has 22 heavy (non-hydrogen) atoms. The van der Waals surface area contributed by atoms with E-state index in [1.165, 1.54) is 0 Å². The van der Waals surface area contributed by atoms with Gasteiger partial charge in [-0.3, -0.25) is 4.79 Å². The van der Waals surface area contributed by atoms with E-state index in [-0.39, 0.29) is 42.6 Å². The molecule has 0 bridgehead atoms. The van der Waals surface area contributed by atoms with Crippen LogP contribution >= 0.6 is 0 Å². The van der Waals surface area contributed by atoms with Gasteiger partial charge in [-0.1, -0.05) is 0 Å². The van der Waals surface area contributed by atoms with E-state index in [9.17, 15) is 4.79 Å². The fourth-order valence-electron chi connectivity index (χ4n) is 4.16. The molecule has 4 aliphatic rings. The molecule has 1 aliphatic carbocycles. The Kier molecular flexibility index (Phi) is 4.35. The number of ether oxygens (including phenoxy) is 5. The van der Waals surface area contributed by atoms with E-state index >= 15 is 0 Å². The highest BCUT2D eigenvalue weighted by Gasteiger charge is 2.55. The largest absolute Gasteiger partial charge is 0.462 e. The van der Waals surface area contributed by atoms with Crippen molar-refractivity contribution in [2.75, 3.05) is 19.8 Å². The van der Waals surface area contributed by atoms with Gasteiger partial charge in [0.05, 0.1) is 25.7 Å². The van der Waals surface area contributed by atoms with E-state index in [2.05, 4.69) is 0 Å². The van der Waals surface area contributed by atoms with E-state index in [4.69, 9.17) is 23.7 Å². The molecular weight excluding hydrogens is 288 g/mol. The fraction of sp³-hybridized carbons (Fsp3) is 0.938. The Balaban J connectivity index is 1.47. The molecule has 3 heterocycles. The third-order valence-electron chi connectivity index (χ3n) is 5.18. The highest BCUT2D eigenvalue weighted by atomic mass is 16.7. The summed E-state index contributed by atoms with van der Waals surface area (Å²) < 4.78 is 29.0. The van der Waals surface area contributed by atoms with Gasteiger partial charge in [-0.15, -0.1) is 0 Å². The maximum atomic E-state index is 11.6. The van der Waals surface area contributed by atoms with Gasteiger partial charge in [0.1, 0.15) is 6.10 Å². The molecule has 124 valence electrons. The lowest BCUT2D eigenvalue weighted by atomic mass is 9.91. The second kappa shape index (κ2) is 6.43. The van der Waals surface area contributed by atoms with E-state index in [1.807, 2.05) is 0 Å². The van der Waals surface area contributed by atoms with Gasteiger partial charge in [-0.2, -0.15) is 0 Å².